The Morgan fingerprint density at radius 1 is 1.21 bits per heavy atom. The molecule has 0 radical (unpaired) electrons. The fourth-order valence-corrected chi connectivity index (χ4v) is 2.38. The van der Waals surface area contributed by atoms with Crippen molar-refractivity contribution < 1.29 is 14.7 Å². The molecular weight excluding hydrogens is 244 g/mol. The van der Waals surface area contributed by atoms with E-state index < -0.39 is 5.97 Å². The molecule has 0 spiro atoms. The second kappa shape index (κ2) is 5.80. The summed E-state index contributed by atoms with van der Waals surface area (Å²) >= 11 is 0. The summed E-state index contributed by atoms with van der Waals surface area (Å²) in [7, 11) is 0. The number of amides is 2. The van der Waals surface area contributed by atoms with Gasteiger partial charge in [0, 0.05) is 25.2 Å². The monoisotopic (exact) mass is 270 g/mol. The van der Waals surface area contributed by atoms with Crippen molar-refractivity contribution in [1.82, 2.24) is 9.80 Å². The van der Waals surface area contributed by atoms with Crippen molar-refractivity contribution in [2.75, 3.05) is 19.6 Å². The van der Waals surface area contributed by atoms with E-state index in [1.165, 1.54) is 0 Å². The van der Waals surface area contributed by atoms with Gasteiger partial charge in [0.15, 0.2) is 0 Å². The molecule has 0 aromatic rings. The van der Waals surface area contributed by atoms with Crippen LogP contribution in [0.1, 0.15) is 41.0 Å². The molecule has 1 aliphatic rings. The van der Waals surface area contributed by atoms with Gasteiger partial charge in [-0.25, -0.2) is 4.79 Å². The van der Waals surface area contributed by atoms with Crippen LogP contribution in [-0.4, -0.2) is 52.1 Å². The molecule has 0 aromatic carbocycles. The maximum Gasteiger partial charge on any atom is 0.320 e. The molecule has 0 saturated carbocycles. The molecule has 1 rings (SSSR count). The normalized spacial score (nSPS) is 23.5. The molecule has 1 aliphatic heterocycles. The van der Waals surface area contributed by atoms with Crippen molar-refractivity contribution in [2.24, 2.45) is 11.8 Å². The standard InChI is InChI=1S/C14H26N2O3/c1-10-8-15(9-11(10)2)13(19)16(14(3,4)5)7-6-12(17)18/h10-11H,6-9H2,1-5H3,(H,17,18). The van der Waals surface area contributed by atoms with Crippen molar-refractivity contribution in [2.45, 2.75) is 46.6 Å². The number of carbonyl (C=O) groups excluding carboxylic acids is 1. The van der Waals surface area contributed by atoms with Crippen molar-refractivity contribution in [1.29, 1.82) is 0 Å². The summed E-state index contributed by atoms with van der Waals surface area (Å²) in [6.45, 7) is 11.9. The molecule has 5 heteroatoms. The topological polar surface area (TPSA) is 60.9 Å². The SMILES string of the molecule is CC1CN(C(=O)N(CCC(=O)O)C(C)(C)C)CC1C. The number of carbonyl (C=O) groups is 2. The lowest BCUT2D eigenvalue weighted by Crippen LogP contribution is -2.52. The van der Waals surface area contributed by atoms with E-state index in [1.807, 2.05) is 25.7 Å². The number of carboxylic acid groups (broad SMARTS) is 1. The van der Waals surface area contributed by atoms with E-state index in [2.05, 4.69) is 13.8 Å². The van der Waals surface area contributed by atoms with Gasteiger partial charge in [0.2, 0.25) is 0 Å². The molecular formula is C14H26N2O3. The Kier molecular flexibility index (Phi) is 4.82. The Hall–Kier alpha value is -1.26. The largest absolute Gasteiger partial charge is 0.481 e. The fraction of sp³-hybridized carbons (Fsp3) is 0.857. The molecule has 1 heterocycles. The third-order valence-corrected chi connectivity index (χ3v) is 3.85. The third kappa shape index (κ3) is 4.11. The number of nitrogens with zero attached hydrogens (tertiary/aromatic N) is 2. The third-order valence-electron chi connectivity index (χ3n) is 3.85. The van der Waals surface area contributed by atoms with Crippen LogP contribution in [-0.2, 0) is 4.79 Å². The smallest absolute Gasteiger partial charge is 0.320 e. The number of aliphatic carboxylic acids is 1. The van der Waals surface area contributed by atoms with Gasteiger partial charge >= 0.3 is 12.0 Å². The van der Waals surface area contributed by atoms with Crippen LogP contribution in [0, 0.1) is 11.8 Å². The number of carboxylic acids is 1. The number of likely N-dealkylation sites (tertiary alicyclic amines) is 1. The predicted molar refractivity (Wildman–Crippen MR) is 74.0 cm³/mol. The average molecular weight is 270 g/mol. The van der Waals surface area contributed by atoms with E-state index in [-0.39, 0.29) is 24.5 Å². The van der Waals surface area contributed by atoms with Crippen molar-refractivity contribution in [3.05, 3.63) is 0 Å². The summed E-state index contributed by atoms with van der Waals surface area (Å²) in [5.74, 6) is 0.140. The molecule has 0 aliphatic carbocycles. The molecule has 2 amide bonds. The van der Waals surface area contributed by atoms with Crippen LogP contribution in [0.3, 0.4) is 0 Å². The summed E-state index contributed by atoms with van der Waals surface area (Å²) in [5, 5.41) is 8.81. The Balaban J connectivity index is 2.75. The molecule has 5 nitrogen and oxygen atoms in total. The molecule has 19 heavy (non-hydrogen) atoms. The Morgan fingerprint density at radius 2 is 1.68 bits per heavy atom. The van der Waals surface area contributed by atoms with Gasteiger partial charge in [-0.05, 0) is 32.6 Å². The fourth-order valence-electron chi connectivity index (χ4n) is 2.38. The summed E-state index contributed by atoms with van der Waals surface area (Å²) in [4.78, 5) is 26.8. The van der Waals surface area contributed by atoms with Gasteiger partial charge in [0.25, 0.3) is 0 Å². The molecule has 1 fully saturated rings. The summed E-state index contributed by atoms with van der Waals surface area (Å²) in [6.07, 6.45) is -0.0119. The Labute approximate surface area is 115 Å². The van der Waals surface area contributed by atoms with Gasteiger partial charge in [-0.15, -0.1) is 0 Å². The van der Waals surface area contributed by atoms with E-state index in [9.17, 15) is 9.59 Å². The number of rotatable bonds is 3. The van der Waals surface area contributed by atoms with Crippen molar-refractivity contribution in [3.63, 3.8) is 0 Å². The molecule has 2 atom stereocenters. The van der Waals surface area contributed by atoms with E-state index in [1.54, 1.807) is 4.90 Å². The number of hydrogen-bond donors (Lipinski definition) is 1. The summed E-state index contributed by atoms with van der Waals surface area (Å²) in [6, 6.07) is -0.0371. The van der Waals surface area contributed by atoms with Crippen LogP contribution in [0.15, 0.2) is 0 Å². The minimum absolute atomic E-state index is 0.0119. The molecule has 0 aromatic heterocycles. The van der Waals surface area contributed by atoms with Crippen molar-refractivity contribution >= 4 is 12.0 Å². The van der Waals surface area contributed by atoms with Gasteiger partial charge in [-0.2, -0.15) is 0 Å². The number of urea groups is 1. The number of hydrogen-bond acceptors (Lipinski definition) is 2. The van der Waals surface area contributed by atoms with E-state index in [0.29, 0.717) is 11.8 Å². The first-order valence-electron chi connectivity index (χ1n) is 6.91. The first-order chi connectivity index (χ1) is 8.62. The Morgan fingerprint density at radius 3 is 2.05 bits per heavy atom. The van der Waals surface area contributed by atoms with Gasteiger partial charge < -0.3 is 14.9 Å². The molecule has 1 N–H and O–H groups in total. The molecule has 2 unspecified atom stereocenters. The van der Waals surface area contributed by atoms with E-state index >= 15 is 0 Å². The lowest BCUT2D eigenvalue weighted by atomic mass is 10.0. The zero-order chi connectivity index (χ0) is 14.8. The van der Waals surface area contributed by atoms with Crippen LogP contribution < -0.4 is 0 Å². The lowest BCUT2D eigenvalue weighted by Gasteiger charge is -2.38. The second-order valence-electron chi connectivity index (χ2n) is 6.61. The highest BCUT2D eigenvalue weighted by atomic mass is 16.4. The van der Waals surface area contributed by atoms with Crippen LogP contribution in [0.4, 0.5) is 4.79 Å². The maximum atomic E-state index is 12.6. The van der Waals surface area contributed by atoms with E-state index in [4.69, 9.17) is 5.11 Å². The quantitative estimate of drug-likeness (QED) is 0.855. The highest BCUT2D eigenvalue weighted by Gasteiger charge is 2.35. The molecule has 1 saturated heterocycles. The zero-order valence-corrected chi connectivity index (χ0v) is 12.6. The Bertz CT molecular complexity index is 339. The highest BCUT2D eigenvalue weighted by molar-refractivity contribution is 5.76. The predicted octanol–water partition coefficient (Wildman–Crippen LogP) is 2.27. The average Bonchev–Trinajstić information content (AvgIpc) is 2.57. The van der Waals surface area contributed by atoms with Gasteiger partial charge in [0.1, 0.15) is 0 Å². The highest BCUT2D eigenvalue weighted by Crippen LogP contribution is 2.25. The minimum atomic E-state index is -0.870. The maximum absolute atomic E-state index is 12.6. The first-order valence-corrected chi connectivity index (χ1v) is 6.91. The molecule has 0 bridgehead atoms. The van der Waals surface area contributed by atoms with Crippen LogP contribution in [0.25, 0.3) is 0 Å². The summed E-state index contributed by atoms with van der Waals surface area (Å²) in [5.41, 5.74) is -0.360. The lowest BCUT2D eigenvalue weighted by molar-refractivity contribution is -0.137. The van der Waals surface area contributed by atoms with Crippen LogP contribution in [0.5, 0.6) is 0 Å². The van der Waals surface area contributed by atoms with Gasteiger partial charge in [0.05, 0.1) is 6.42 Å². The van der Waals surface area contributed by atoms with Gasteiger partial charge in [-0.1, -0.05) is 13.8 Å². The second-order valence-corrected chi connectivity index (χ2v) is 6.61. The van der Waals surface area contributed by atoms with Crippen molar-refractivity contribution in [3.8, 4) is 0 Å². The van der Waals surface area contributed by atoms with Crippen LogP contribution in [0.2, 0.25) is 0 Å². The summed E-state index contributed by atoms with van der Waals surface area (Å²) < 4.78 is 0. The van der Waals surface area contributed by atoms with E-state index in [0.717, 1.165) is 13.1 Å². The minimum Gasteiger partial charge on any atom is -0.481 e. The zero-order valence-electron chi connectivity index (χ0n) is 12.6. The molecule has 110 valence electrons. The first kappa shape index (κ1) is 15.8. The van der Waals surface area contributed by atoms with Crippen LogP contribution >= 0.6 is 0 Å². The van der Waals surface area contributed by atoms with Gasteiger partial charge in [-0.3, -0.25) is 4.79 Å².